The average molecular weight is 297 g/mol. The molecule has 0 aliphatic heterocycles. The summed E-state index contributed by atoms with van der Waals surface area (Å²) in [6.07, 6.45) is 7.40. The minimum Gasteiger partial charge on any atom is -0.358 e. The van der Waals surface area contributed by atoms with E-state index in [1.165, 1.54) is 31.4 Å². The fourth-order valence-electron chi connectivity index (χ4n) is 2.75. The zero-order chi connectivity index (χ0) is 13.8. The minimum atomic E-state index is 0.398. The van der Waals surface area contributed by atoms with Crippen molar-refractivity contribution in [3.8, 4) is 0 Å². The van der Waals surface area contributed by atoms with Crippen molar-refractivity contribution in [3.05, 3.63) is 23.5 Å². The Morgan fingerprint density at radius 2 is 2.05 bits per heavy atom. The third-order valence-corrected chi connectivity index (χ3v) is 5.49. The molecule has 19 heavy (non-hydrogen) atoms. The van der Waals surface area contributed by atoms with Crippen LogP contribution in [0.25, 0.3) is 0 Å². The number of hydrogen-bond acceptors (Lipinski definition) is 2. The van der Waals surface area contributed by atoms with Crippen LogP contribution in [-0.4, -0.2) is 26.9 Å². The highest BCUT2D eigenvalue weighted by atomic mass is 32.2. The van der Waals surface area contributed by atoms with E-state index in [-0.39, 0.29) is 0 Å². The molecule has 0 N–H and O–H groups in total. The van der Waals surface area contributed by atoms with Crippen LogP contribution in [0.5, 0.6) is 0 Å². The fourth-order valence-corrected chi connectivity index (χ4v) is 4.43. The molecular weight excluding hydrogens is 272 g/mol. The summed E-state index contributed by atoms with van der Waals surface area (Å²) in [6.45, 7) is 8.59. The zero-order valence-electron chi connectivity index (χ0n) is 12.2. The van der Waals surface area contributed by atoms with Crippen LogP contribution in [-0.2, 0) is 12.8 Å². The molecule has 2 rings (SSSR count). The molecule has 0 aromatic carbocycles. The summed E-state index contributed by atoms with van der Waals surface area (Å²) in [5, 5.41) is 0.398. The van der Waals surface area contributed by atoms with Crippen LogP contribution in [0.15, 0.2) is 12.3 Å². The van der Waals surface area contributed by atoms with E-state index in [0.717, 1.165) is 17.4 Å². The maximum Gasteiger partial charge on any atom is 0.138 e. The first-order valence-electron chi connectivity index (χ1n) is 7.31. The lowest BCUT2D eigenvalue weighted by Crippen LogP contribution is -2.27. The van der Waals surface area contributed by atoms with Crippen molar-refractivity contribution in [1.29, 1.82) is 0 Å². The molecule has 0 radical (unpaired) electrons. The Bertz CT molecular complexity index is 435. The molecular formula is C15H24N2S2. The van der Waals surface area contributed by atoms with Crippen molar-refractivity contribution < 1.29 is 0 Å². The topological polar surface area (TPSA) is 8.17 Å². The first-order chi connectivity index (χ1) is 9.17. The normalized spacial score (nSPS) is 15.9. The van der Waals surface area contributed by atoms with Crippen LogP contribution in [0.1, 0.15) is 50.2 Å². The van der Waals surface area contributed by atoms with Gasteiger partial charge in [0, 0.05) is 25.0 Å². The highest BCUT2D eigenvalue weighted by Crippen LogP contribution is 2.31. The Hall–Kier alpha value is -0.480. The molecule has 4 heteroatoms. The third-order valence-electron chi connectivity index (χ3n) is 3.91. The number of rotatable bonds is 4. The maximum atomic E-state index is 5.55. The van der Waals surface area contributed by atoms with Crippen LogP contribution >= 0.6 is 24.0 Å². The maximum absolute atomic E-state index is 5.55. The van der Waals surface area contributed by atoms with Gasteiger partial charge in [-0.2, -0.15) is 0 Å². The second-order valence-corrected chi connectivity index (χ2v) is 7.01. The Morgan fingerprint density at radius 3 is 2.74 bits per heavy atom. The summed E-state index contributed by atoms with van der Waals surface area (Å²) < 4.78 is 3.45. The van der Waals surface area contributed by atoms with Crippen LogP contribution in [0.2, 0.25) is 0 Å². The monoisotopic (exact) mass is 296 g/mol. The molecule has 0 amide bonds. The van der Waals surface area contributed by atoms with Gasteiger partial charge in [-0.05, 0) is 58.1 Å². The number of aromatic nitrogens is 1. The van der Waals surface area contributed by atoms with Crippen molar-refractivity contribution in [1.82, 2.24) is 9.47 Å². The number of thioether (sulfide) groups is 1. The van der Waals surface area contributed by atoms with E-state index in [0.29, 0.717) is 5.37 Å². The molecule has 0 bridgehead atoms. The molecule has 1 heterocycles. The lowest BCUT2D eigenvalue weighted by Gasteiger charge is -2.25. The summed E-state index contributed by atoms with van der Waals surface area (Å²) in [6, 6.07) is 2.30. The van der Waals surface area contributed by atoms with Gasteiger partial charge in [-0.3, -0.25) is 0 Å². The highest BCUT2D eigenvalue weighted by Gasteiger charge is 2.19. The van der Waals surface area contributed by atoms with Crippen molar-refractivity contribution in [2.24, 2.45) is 0 Å². The molecule has 1 aromatic heterocycles. The first-order valence-corrected chi connectivity index (χ1v) is 8.60. The van der Waals surface area contributed by atoms with Crippen LogP contribution in [0.3, 0.4) is 0 Å². The Morgan fingerprint density at radius 1 is 1.37 bits per heavy atom. The molecule has 0 saturated heterocycles. The molecule has 0 spiro atoms. The quantitative estimate of drug-likeness (QED) is 0.768. The molecule has 0 unspecified atom stereocenters. The molecule has 1 atom stereocenters. The predicted octanol–water partition coefficient (Wildman–Crippen LogP) is 4.25. The second kappa shape index (κ2) is 6.80. The Labute approximate surface area is 126 Å². The largest absolute Gasteiger partial charge is 0.358 e. The second-order valence-electron chi connectivity index (χ2n) is 5.06. The third kappa shape index (κ3) is 3.34. The van der Waals surface area contributed by atoms with Crippen LogP contribution in [0, 0.1) is 0 Å². The smallest absolute Gasteiger partial charge is 0.138 e. The summed E-state index contributed by atoms with van der Waals surface area (Å²) in [5.41, 5.74) is 3.08. The van der Waals surface area contributed by atoms with E-state index in [1.807, 2.05) is 11.8 Å². The summed E-state index contributed by atoms with van der Waals surface area (Å²) in [4.78, 5) is 2.26. The van der Waals surface area contributed by atoms with Crippen molar-refractivity contribution in [2.75, 3.05) is 13.1 Å². The van der Waals surface area contributed by atoms with E-state index >= 15 is 0 Å². The van der Waals surface area contributed by atoms with E-state index in [2.05, 4.69) is 42.5 Å². The zero-order valence-corrected chi connectivity index (χ0v) is 13.8. The number of thiocarbonyl (C=S) groups is 1. The predicted molar refractivity (Wildman–Crippen MR) is 88.9 cm³/mol. The molecule has 2 nitrogen and oxygen atoms in total. The lowest BCUT2D eigenvalue weighted by molar-refractivity contribution is 0.481. The lowest BCUT2D eigenvalue weighted by atomic mass is 9.98. The number of nitrogens with zero attached hydrogens (tertiary/aromatic N) is 2. The van der Waals surface area contributed by atoms with Gasteiger partial charge >= 0.3 is 0 Å². The summed E-state index contributed by atoms with van der Waals surface area (Å²) in [5.74, 6) is 0. The Kier molecular flexibility index (Phi) is 5.34. The van der Waals surface area contributed by atoms with E-state index in [9.17, 15) is 0 Å². The molecule has 1 aliphatic carbocycles. The summed E-state index contributed by atoms with van der Waals surface area (Å²) in [7, 11) is 0. The van der Waals surface area contributed by atoms with Crippen molar-refractivity contribution in [3.63, 3.8) is 0 Å². The standard InChI is InChI=1S/C15H24N2S2/c1-4-16(5-2)15(18)19-12(3)17-11-10-13-8-6-7-9-14(13)17/h10-12H,4-9H2,1-3H3/t12-/m0/s1. The van der Waals surface area contributed by atoms with Gasteiger partial charge in [-0.15, -0.1) is 0 Å². The van der Waals surface area contributed by atoms with E-state index < -0.39 is 0 Å². The molecule has 0 fully saturated rings. The molecule has 1 aliphatic rings. The van der Waals surface area contributed by atoms with Crippen molar-refractivity contribution in [2.45, 2.75) is 51.8 Å². The number of fused-ring (bicyclic) bond motifs is 1. The van der Waals surface area contributed by atoms with E-state index in [1.54, 1.807) is 5.56 Å². The highest BCUT2D eigenvalue weighted by molar-refractivity contribution is 8.22. The summed E-state index contributed by atoms with van der Waals surface area (Å²) >= 11 is 7.36. The van der Waals surface area contributed by atoms with Crippen LogP contribution < -0.4 is 0 Å². The molecule has 0 saturated carbocycles. The number of aryl methyl sites for hydroxylation is 1. The van der Waals surface area contributed by atoms with Gasteiger partial charge in [0.25, 0.3) is 0 Å². The van der Waals surface area contributed by atoms with Gasteiger partial charge in [-0.25, -0.2) is 0 Å². The van der Waals surface area contributed by atoms with Gasteiger partial charge < -0.3 is 9.47 Å². The van der Waals surface area contributed by atoms with Crippen LogP contribution in [0.4, 0.5) is 0 Å². The SMILES string of the molecule is CCN(CC)C(=S)S[C@@H](C)n1ccc2c1CCCC2. The fraction of sp³-hybridized carbons (Fsp3) is 0.667. The van der Waals surface area contributed by atoms with E-state index in [4.69, 9.17) is 12.2 Å². The van der Waals surface area contributed by atoms with Crippen molar-refractivity contribution >= 4 is 28.3 Å². The van der Waals surface area contributed by atoms with Gasteiger partial charge in [-0.1, -0.05) is 24.0 Å². The molecule has 106 valence electrons. The average Bonchev–Trinajstić information content (AvgIpc) is 2.84. The molecule has 1 aromatic rings. The first kappa shape index (κ1) is 14.9. The number of hydrogen-bond donors (Lipinski definition) is 0. The van der Waals surface area contributed by atoms with Gasteiger partial charge in [0.15, 0.2) is 0 Å². The minimum absolute atomic E-state index is 0.398. The Balaban J connectivity index is 2.05. The van der Waals surface area contributed by atoms with Gasteiger partial charge in [0.2, 0.25) is 0 Å². The van der Waals surface area contributed by atoms with Gasteiger partial charge in [0.05, 0.1) is 5.37 Å². The van der Waals surface area contributed by atoms with Gasteiger partial charge in [0.1, 0.15) is 4.32 Å².